The molecule has 22 heavy (non-hydrogen) atoms. The van der Waals surface area contributed by atoms with Crippen molar-refractivity contribution < 1.29 is 9.53 Å². The predicted octanol–water partition coefficient (Wildman–Crippen LogP) is 3.56. The third kappa shape index (κ3) is 3.41. The summed E-state index contributed by atoms with van der Waals surface area (Å²) in [6.45, 7) is 1.98. The number of hydrogen-bond acceptors (Lipinski definition) is 3. The summed E-state index contributed by atoms with van der Waals surface area (Å²) in [5, 5.41) is 3.85. The number of carbonyl (C=O) groups excluding carboxylic acids is 1. The minimum Gasteiger partial charge on any atom is -0.484 e. The Hall–Kier alpha value is -2.88. The molecule has 0 aliphatic rings. The van der Waals surface area contributed by atoms with Crippen LogP contribution in [0.5, 0.6) is 5.75 Å². The Morgan fingerprint density at radius 2 is 1.95 bits per heavy atom. The molecule has 1 aromatic heterocycles. The van der Waals surface area contributed by atoms with Crippen LogP contribution in [0.3, 0.4) is 0 Å². The minimum atomic E-state index is -0.198. The lowest BCUT2D eigenvalue weighted by molar-refractivity contribution is -0.118. The number of aryl methyl sites for hydroxylation is 1. The van der Waals surface area contributed by atoms with E-state index in [1.165, 1.54) is 0 Å². The fourth-order valence-electron chi connectivity index (χ4n) is 2.12. The largest absolute Gasteiger partial charge is 0.484 e. The summed E-state index contributed by atoms with van der Waals surface area (Å²) in [7, 11) is 0. The molecule has 0 unspecified atom stereocenters. The van der Waals surface area contributed by atoms with Crippen molar-refractivity contribution in [2.75, 3.05) is 11.9 Å². The molecule has 110 valence electrons. The lowest BCUT2D eigenvalue weighted by Gasteiger charge is -2.08. The van der Waals surface area contributed by atoms with Crippen molar-refractivity contribution in [3.05, 3.63) is 66.4 Å². The van der Waals surface area contributed by atoms with Crippen LogP contribution in [0.15, 0.2) is 60.8 Å². The molecule has 2 aromatic carbocycles. The molecule has 0 aliphatic carbocycles. The molecule has 0 spiro atoms. The molecule has 1 heterocycles. The predicted molar refractivity (Wildman–Crippen MR) is 87.0 cm³/mol. The molecule has 0 radical (unpaired) electrons. The van der Waals surface area contributed by atoms with E-state index in [4.69, 9.17) is 4.74 Å². The van der Waals surface area contributed by atoms with E-state index in [9.17, 15) is 4.79 Å². The van der Waals surface area contributed by atoms with Crippen molar-refractivity contribution in [3.8, 4) is 5.75 Å². The molecule has 3 aromatic rings. The Balaban J connectivity index is 1.61. The van der Waals surface area contributed by atoms with E-state index in [1.807, 2.05) is 61.5 Å². The summed E-state index contributed by atoms with van der Waals surface area (Å²) in [6.07, 6.45) is 1.73. The van der Waals surface area contributed by atoms with Crippen LogP contribution in [0.2, 0.25) is 0 Å². The van der Waals surface area contributed by atoms with Gasteiger partial charge in [-0.05, 0) is 37.3 Å². The number of nitrogens with one attached hydrogen (secondary N) is 1. The quantitative estimate of drug-likeness (QED) is 0.800. The van der Waals surface area contributed by atoms with Crippen molar-refractivity contribution in [1.82, 2.24) is 4.98 Å². The summed E-state index contributed by atoms with van der Waals surface area (Å²) in [6, 6.07) is 17.1. The maximum absolute atomic E-state index is 11.9. The van der Waals surface area contributed by atoms with Crippen LogP contribution in [-0.2, 0) is 4.79 Å². The maximum atomic E-state index is 11.9. The Morgan fingerprint density at radius 1 is 1.14 bits per heavy atom. The van der Waals surface area contributed by atoms with E-state index in [1.54, 1.807) is 6.20 Å². The number of ether oxygens (including phenoxy) is 1. The number of hydrogen-bond donors (Lipinski definition) is 1. The van der Waals surface area contributed by atoms with Crippen molar-refractivity contribution in [1.29, 1.82) is 0 Å². The summed E-state index contributed by atoms with van der Waals surface area (Å²) in [5.74, 6) is 0.483. The number of anilines is 1. The fourth-order valence-corrected chi connectivity index (χ4v) is 2.12. The van der Waals surface area contributed by atoms with Gasteiger partial charge in [0, 0.05) is 17.3 Å². The molecule has 4 nitrogen and oxygen atoms in total. The van der Waals surface area contributed by atoms with Gasteiger partial charge in [0.15, 0.2) is 6.61 Å². The van der Waals surface area contributed by atoms with Gasteiger partial charge in [0.25, 0.3) is 5.91 Å². The number of pyridine rings is 1. The van der Waals surface area contributed by atoms with Crippen LogP contribution in [0.25, 0.3) is 10.9 Å². The molecule has 0 saturated heterocycles. The smallest absolute Gasteiger partial charge is 0.262 e. The molecule has 1 amide bonds. The van der Waals surface area contributed by atoms with Gasteiger partial charge < -0.3 is 10.1 Å². The topological polar surface area (TPSA) is 51.2 Å². The second-order valence-electron chi connectivity index (χ2n) is 5.06. The number of benzene rings is 2. The number of amides is 1. The van der Waals surface area contributed by atoms with Crippen molar-refractivity contribution in [2.45, 2.75) is 6.92 Å². The summed E-state index contributed by atoms with van der Waals surface area (Å²) in [5.41, 5.74) is 2.71. The third-order valence-corrected chi connectivity index (χ3v) is 3.28. The number of aromatic nitrogens is 1. The number of nitrogens with zero attached hydrogens (tertiary/aromatic N) is 1. The number of carbonyl (C=O) groups is 1. The highest BCUT2D eigenvalue weighted by molar-refractivity contribution is 5.94. The second-order valence-corrected chi connectivity index (χ2v) is 5.06. The average molecular weight is 292 g/mol. The first-order chi connectivity index (χ1) is 10.7. The van der Waals surface area contributed by atoms with E-state index in [0.29, 0.717) is 11.4 Å². The summed E-state index contributed by atoms with van der Waals surface area (Å²) >= 11 is 0. The zero-order chi connectivity index (χ0) is 15.4. The molecule has 1 N–H and O–H groups in total. The molecule has 0 saturated carbocycles. The van der Waals surface area contributed by atoms with Crippen LogP contribution in [0.4, 0.5) is 5.69 Å². The normalized spacial score (nSPS) is 10.4. The van der Waals surface area contributed by atoms with Crippen molar-refractivity contribution in [2.24, 2.45) is 0 Å². The first kappa shape index (κ1) is 14.1. The van der Waals surface area contributed by atoms with Gasteiger partial charge in [-0.3, -0.25) is 9.78 Å². The molecular weight excluding hydrogens is 276 g/mol. The minimum absolute atomic E-state index is 0.0245. The van der Waals surface area contributed by atoms with Gasteiger partial charge in [0.05, 0.1) is 5.52 Å². The first-order valence-corrected chi connectivity index (χ1v) is 7.05. The van der Waals surface area contributed by atoms with Gasteiger partial charge in [0.2, 0.25) is 0 Å². The molecule has 0 fully saturated rings. The molecule has 3 rings (SSSR count). The van der Waals surface area contributed by atoms with Gasteiger partial charge in [0.1, 0.15) is 5.75 Å². The van der Waals surface area contributed by atoms with Gasteiger partial charge >= 0.3 is 0 Å². The van der Waals surface area contributed by atoms with Crippen molar-refractivity contribution in [3.63, 3.8) is 0 Å². The van der Waals surface area contributed by atoms with E-state index < -0.39 is 0 Å². The standard InChI is InChI=1S/C18H16N2O2/c1-13-4-8-16(9-5-13)22-12-18(21)20-15-7-6-14-3-2-10-19-17(14)11-15/h2-11H,12H2,1H3,(H,20,21). The Morgan fingerprint density at radius 3 is 2.77 bits per heavy atom. The molecule has 0 bridgehead atoms. The zero-order valence-corrected chi connectivity index (χ0v) is 12.2. The second kappa shape index (κ2) is 6.26. The number of rotatable bonds is 4. The fraction of sp³-hybridized carbons (Fsp3) is 0.111. The molecule has 0 aliphatic heterocycles. The highest BCUT2D eigenvalue weighted by Gasteiger charge is 2.05. The maximum Gasteiger partial charge on any atom is 0.262 e. The number of fused-ring (bicyclic) bond motifs is 1. The zero-order valence-electron chi connectivity index (χ0n) is 12.2. The highest BCUT2D eigenvalue weighted by Crippen LogP contribution is 2.17. The Labute approximate surface area is 128 Å². The van der Waals surface area contributed by atoms with Gasteiger partial charge in [-0.25, -0.2) is 0 Å². The third-order valence-electron chi connectivity index (χ3n) is 3.28. The van der Waals surface area contributed by atoms with E-state index in [-0.39, 0.29) is 12.5 Å². The summed E-state index contributed by atoms with van der Waals surface area (Å²) < 4.78 is 5.45. The van der Waals surface area contributed by atoms with Crippen LogP contribution < -0.4 is 10.1 Å². The molecular formula is C18H16N2O2. The first-order valence-electron chi connectivity index (χ1n) is 7.05. The summed E-state index contributed by atoms with van der Waals surface area (Å²) in [4.78, 5) is 16.2. The Kier molecular flexibility index (Phi) is 4.01. The highest BCUT2D eigenvalue weighted by atomic mass is 16.5. The van der Waals surface area contributed by atoms with Crippen molar-refractivity contribution >= 4 is 22.5 Å². The van der Waals surface area contributed by atoms with E-state index in [2.05, 4.69) is 10.3 Å². The Bertz CT molecular complexity index is 798. The van der Waals surface area contributed by atoms with Gasteiger partial charge in [-0.15, -0.1) is 0 Å². The lowest BCUT2D eigenvalue weighted by Crippen LogP contribution is -2.20. The van der Waals surface area contributed by atoms with E-state index >= 15 is 0 Å². The van der Waals surface area contributed by atoms with Crippen LogP contribution in [-0.4, -0.2) is 17.5 Å². The van der Waals surface area contributed by atoms with Gasteiger partial charge in [-0.2, -0.15) is 0 Å². The lowest BCUT2D eigenvalue weighted by atomic mass is 10.2. The molecule has 0 atom stereocenters. The monoisotopic (exact) mass is 292 g/mol. The van der Waals surface area contributed by atoms with Gasteiger partial charge in [-0.1, -0.05) is 29.8 Å². The molecule has 4 heteroatoms. The van der Waals surface area contributed by atoms with E-state index in [0.717, 1.165) is 16.5 Å². The SMILES string of the molecule is Cc1ccc(OCC(=O)Nc2ccc3cccnc3c2)cc1. The van der Waals surface area contributed by atoms with Crippen LogP contribution in [0, 0.1) is 6.92 Å². The van der Waals surface area contributed by atoms with Crippen LogP contribution in [0.1, 0.15) is 5.56 Å². The van der Waals surface area contributed by atoms with Crippen LogP contribution >= 0.6 is 0 Å². The average Bonchev–Trinajstić information content (AvgIpc) is 2.54.